The lowest BCUT2D eigenvalue weighted by Gasteiger charge is -2.12. The second-order valence-electron chi connectivity index (χ2n) is 6.36. The molecule has 3 aromatic rings. The number of nitrogens with two attached hydrogens (primary N) is 1. The molecule has 3 rings (SSSR count). The molecule has 0 spiro atoms. The van der Waals surface area contributed by atoms with E-state index in [0.717, 1.165) is 33.5 Å². The molecular formula is C21H21FN4OS. The van der Waals surface area contributed by atoms with Gasteiger partial charge in [0.05, 0.1) is 10.2 Å². The number of allylic oxidation sites excluding steroid dienone is 2. The Labute approximate surface area is 166 Å². The van der Waals surface area contributed by atoms with E-state index >= 15 is 0 Å². The average Bonchev–Trinajstić information content (AvgIpc) is 3.08. The molecule has 2 aromatic heterocycles. The van der Waals surface area contributed by atoms with E-state index in [1.54, 1.807) is 6.08 Å². The predicted octanol–water partition coefficient (Wildman–Crippen LogP) is 4.94. The molecule has 0 aliphatic heterocycles. The van der Waals surface area contributed by atoms with E-state index in [4.69, 9.17) is 5.73 Å². The van der Waals surface area contributed by atoms with Gasteiger partial charge >= 0.3 is 0 Å². The Bertz CT molecular complexity index is 1080. The normalized spacial score (nSPS) is 12.4. The third-order valence-electron chi connectivity index (χ3n) is 4.41. The van der Waals surface area contributed by atoms with Crippen molar-refractivity contribution in [3.05, 3.63) is 76.0 Å². The number of fused-ring (bicyclic) bond motifs is 1. The number of nitrogens with one attached hydrogen (secondary N) is 1. The fourth-order valence-electron chi connectivity index (χ4n) is 2.65. The minimum Gasteiger partial charge on any atom is -0.405 e. The SMILES string of the molecule is CC/C(C)=C(/C=C\N)Nc1nc(C(=O)c2ccc(F)cc2)nc2c(C)csc12. The first-order valence-corrected chi connectivity index (χ1v) is 9.73. The van der Waals surface area contributed by atoms with Gasteiger partial charge in [-0.15, -0.1) is 11.3 Å². The maximum absolute atomic E-state index is 13.2. The summed E-state index contributed by atoms with van der Waals surface area (Å²) < 4.78 is 14.0. The van der Waals surface area contributed by atoms with Gasteiger partial charge in [-0.25, -0.2) is 14.4 Å². The van der Waals surface area contributed by atoms with Gasteiger partial charge in [0.1, 0.15) is 5.82 Å². The summed E-state index contributed by atoms with van der Waals surface area (Å²) in [5, 5.41) is 5.28. The van der Waals surface area contributed by atoms with Crippen LogP contribution in [0.3, 0.4) is 0 Å². The lowest BCUT2D eigenvalue weighted by Crippen LogP contribution is -2.11. The van der Waals surface area contributed by atoms with E-state index in [-0.39, 0.29) is 11.6 Å². The molecule has 7 heteroatoms. The van der Waals surface area contributed by atoms with E-state index in [1.165, 1.54) is 41.8 Å². The van der Waals surface area contributed by atoms with Gasteiger partial charge in [-0.2, -0.15) is 0 Å². The Morgan fingerprint density at radius 3 is 2.64 bits per heavy atom. The number of carbonyl (C=O) groups excluding carboxylic acids is 1. The van der Waals surface area contributed by atoms with Crippen LogP contribution in [0, 0.1) is 12.7 Å². The number of carbonyl (C=O) groups is 1. The van der Waals surface area contributed by atoms with Crippen molar-refractivity contribution in [3.8, 4) is 0 Å². The zero-order valence-electron chi connectivity index (χ0n) is 15.9. The molecule has 1 aromatic carbocycles. The molecular weight excluding hydrogens is 375 g/mol. The molecule has 0 aliphatic carbocycles. The minimum atomic E-state index is -0.401. The Morgan fingerprint density at radius 1 is 1.29 bits per heavy atom. The van der Waals surface area contributed by atoms with Crippen LogP contribution in [0.2, 0.25) is 0 Å². The Hall–Kier alpha value is -3.06. The number of nitrogens with zero attached hydrogens (tertiary/aromatic N) is 2. The standard InChI is InChI=1S/C21H21FN4OS/c1-4-12(2)16(9-10-23)24-21-19-17(13(3)11-28-19)25-20(26-21)18(27)14-5-7-15(22)8-6-14/h5-11H,4,23H2,1-3H3,(H,24,25,26)/b10-9-,16-12-. The molecule has 0 saturated carbocycles. The Morgan fingerprint density at radius 2 is 2.00 bits per heavy atom. The lowest BCUT2D eigenvalue weighted by atomic mass is 10.1. The molecule has 144 valence electrons. The van der Waals surface area contributed by atoms with Crippen LogP contribution in [0.5, 0.6) is 0 Å². The first-order chi connectivity index (χ1) is 13.4. The molecule has 0 atom stereocenters. The zero-order valence-corrected chi connectivity index (χ0v) is 16.7. The molecule has 5 nitrogen and oxygen atoms in total. The van der Waals surface area contributed by atoms with Gasteiger partial charge in [-0.05, 0) is 73.3 Å². The van der Waals surface area contributed by atoms with Crippen molar-refractivity contribution < 1.29 is 9.18 Å². The smallest absolute Gasteiger partial charge is 0.230 e. The van der Waals surface area contributed by atoms with Crippen molar-refractivity contribution >= 4 is 33.2 Å². The molecule has 0 unspecified atom stereocenters. The van der Waals surface area contributed by atoms with Crippen LogP contribution < -0.4 is 11.1 Å². The predicted molar refractivity (Wildman–Crippen MR) is 112 cm³/mol. The molecule has 3 N–H and O–H groups in total. The van der Waals surface area contributed by atoms with Crippen molar-refractivity contribution in [2.75, 3.05) is 5.32 Å². The van der Waals surface area contributed by atoms with E-state index in [1.807, 2.05) is 19.2 Å². The fourth-order valence-corrected chi connectivity index (χ4v) is 3.59. The van der Waals surface area contributed by atoms with Crippen LogP contribution in [-0.4, -0.2) is 15.8 Å². The minimum absolute atomic E-state index is 0.0633. The van der Waals surface area contributed by atoms with Crippen molar-refractivity contribution in [3.63, 3.8) is 0 Å². The Kier molecular flexibility index (Phi) is 5.84. The molecule has 28 heavy (non-hydrogen) atoms. The van der Waals surface area contributed by atoms with Gasteiger partial charge in [0.25, 0.3) is 0 Å². The van der Waals surface area contributed by atoms with Gasteiger partial charge in [0.15, 0.2) is 5.82 Å². The molecule has 0 amide bonds. The largest absolute Gasteiger partial charge is 0.405 e. The number of anilines is 1. The summed E-state index contributed by atoms with van der Waals surface area (Å²) in [7, 11) is 0. The van der Waals surface area contributed by atoms with E-state index < -0.39 is 5.82 Å². The summed E-state index contributed by atoms with van der Waals surface area (Å²) in [6.07, 6.45) is 4.07. The lowest BCUT2D eigenvalue weighted by molar-refractivity contribution is 0.103. The van der Waals surface area contributed by atoms with Gasteiger partial charge in [-0.1, -0.05) is 6.92 Å². The molecule has 0 aliphatic rings. The number of ketones is 1. The number of hydrogen-bond acceptors (Lipinski definition) is 6. The molecule has 0 saturated heterocycles. The second-order valence-corrected chi connectivity index (χ2v) is 7.24. The summed E-state index contributed by atoms with van der Waals surface area (Å²) in [5.41, 5.74) is 9.54. The van der Waals surface area contributed by atoms with Crippen LogP contribution in [0.15, 0.2) is 53.2 Å². The molecule has 2 heterocycles. The quantitative estimate of drug-likeness (QED) is 0.456. The summed E-state index contributed by atoms with van der Waals surface area (Å²) in [6, 6.07) is 5.36. The van der Waals surface area contributed by atoms with E-state index in [0.29, 0.717) is 11.4 Å². The third kappa shape index (κ3) is 3.94. The summed E-state index contributed by atoms with van der Waals surface area (Å²) in [5.74, 6) is -0.146. The van der Waals surface area contributed by atoms with Crippen molar-refractivity contribution in [1.29, 1.82) is 0 Å². The van der Waals surface area contributed by atoms with Crippen LogP contribution in [0.1, 0.15) is 42.0 Å². The van der Waals surface area contributed by atoms with Crippen LogP contribution in [0.4, 0.5) is 10.2 Å². The first kappa shape index (κ1) is 19.7. The fraction of sp³-hybridized carbons (Fsp3) is 0.190. The first-order valence-electron chi connectivity index (χ1n) is 8.85. The number of rotatable bonds is 6. The van der Waals surface area contributed by atoms with Crippen LogP contribution in [0.25, 0.3) is 10.2 Å². The Balaban J connectivity index is 2.12. The van der Waals surface area contributed by atoms with Gasteiger partial charge < -0.3 is 11.1 Å². The average molecular weight is 396 g/mol. The van der Waals surface area contributed by atoms with Crippen LogP contribution >= 0.6 is 11.3 Å². The number of aryl methyl sites for hydroxylation is 1. The highest BCUT2D eigenvalue weighted by Crippen LogP contribution is 2.31. The number of thiophene rings is 1. The van der Waals surface area contributed by atoms with Crippen LogP contribution in [-0.2, 0) is 0 Å². The van der Waals surface area contributed by atoms with Gasteiger partial charge in [0, 0.05) is 11.3 Å². The maximum Gasteiger partial charge on any atom is 0.230 e. The van der Waals surface area contributed by atoms with E-state index in [2.05, 4.69) is 22.2 Å². The number of halogens is 1. The highest BCUT2D eigenvalue weighted by Gasteiger charge is 2.18. The molecule has 0 fully saturated rings. The van der Waals surface area contributed by atoms with Gasteiger partial charge in [0.2, 0.25) is 11.6 Å². The molecule has 0 bridgehead atoms. The number of benzene rings is 1. The third-order valence-corrected chi connectivity index (χ3v) is 5.50. The van der Waals surface area contributed by atoms with Crippen molar-refractivity contribution in [1.82, 2.24) is 9.97 Å². The number of aromatic nitrogens is 2. The van der Waals surface area contributed by atoms with Crippen molar-refractivity contribution in [2.45, 2.75) is 27.2 Å². The van der Waals surface area contributed by atoms with E-state index in [9.17, 15) is 9.18 Å². The molecule has 0 radical (unpaired) electrons. The summed E-state index contributed by atoms with van der Waals surface area (Å²) >= 11 is 1.51. The second kappa shape index (κ2) is 8.31. The van der Waals surface area contributed by atoms with Gasteiger partial charge in [-0.3, -0.25) is 4.79 Å². The van der Waals surface area contributed by atoms with Crippen molar-refractivity contribution in [2.24, 2.45) is 5.73 Å². The topological polar surface area (TPSA) is 80.9 Å². The maximum atomic E-state index is 13.2. The monoisotopic (exact) mass is 396 g/mol. The number of hydrogen-bond donors (Lipinski definition) is 2. The highest BCUT2D eigenvalue weighted by atomic mass is 32.1. The zero-order chi connectivity index (χ0) is 20.3. The highest BCUT2D eigenvalue weighted by molar-refractivity contribution is 7.18. The summed E-state index contributed by atoms with van der Waals surface area (Å²) in [4.78, 5) is 21.8. The summed E-state index contributed by atoms with van der Waals surface area (Å²) in [6.45, 7) is 6.00.